The number of fused-ring (bicyclic) bond motifs is 4. The molecule has 0 spiro atoms. The van der Waals surface area contributed by atoms with Gasteiger partial charge in [-0.05, 0) is 198 Å². The van der Waals surface area contributed by atoms with Crippen molar-refractivity contribution in [1.29, 1.82) is 0 Å². The van der Waals surface area contributed by atoms with E-state index >= 15 is 0 Å². The Morgan fingerprint density at radius 2 is 1.00 bits per heavy atom. The van der Waals surface area contributed by atoms with Crippen LogP contribution in [0.5, 0.6) is 0 Å². The van der Waals surface area contributed by atoms with E-state index in [1.807, 2.05) is 0 Å². The lowest BCUT2D eigenvalue weighted by Crippen LogP contribution is -2.61. The van der Waals surface area contributed by atoms with E-state index in [9.17, 15) is 0 Å². The molecule has 2 heterocycles. The van der Waals surface area contributed by atoms with E-state index < -0.39 is 0 Å². The van der Waals surface area contributed by atoms with Crippen LogP contribution in [0, 0.1) is 34.6 Å². The van der Waals surface area contributed by atoms with Crippen LogP contribution < -0.4 is 31.1 Å². The zero-order chi connectivity index (χ0) is 52.0. The topological polar surface area (TPSA) is 9.72 Å². The van der Waals surface area contributed by atoms with Gasteiger partial charge in [-0.1, -0.05) is 176 Å². The quantitative estimate of drug-likeness (QED) is 0.141. The van der Waals surface area contributed by atoms with E-state index in [0.29, 0.717) is 0 Å². The van der Waals surface area contributed by atoms with Gasteiger partial charge in [0.25, 0.3) is 6.71 Å². The highest BCUT2D eigenvalue weighted by Gasteiger charge is 2.45. The van der Waals surface area contributed by atoms with Crippen LogP contribution in [0.2, 0.25) is 0 Å². The third kappa shape index (κ3) is 8.43. The predicted molar refractivity (Wildman–Crippen MR) is 324 cm³/mol. The number of nitrogens with zero attached hydrogens (tertiary/aromatic N) is 3. The summed E-state index contributed by atoms with van der Waals surface area (Å²) >= 11 is 0. The summed E-state index contributed by atoms with van der Waals surface area (Å²) in [5.41, 5.74) is 28.6. The van der Waals surface area contributed by atoms with Crippen LogP contribution in [0.1, 0.15) is 143 Å². The molecule has 0 unspecified atom stereocenters. The number of benzene rings is 8. The van der Waals surface area contributed by atoms with Crippen molar-refractivity contribution in [2.75, 3.05) is 14.7 Å². The minimum absolute atomic E-state index is 0.00224. The van der Waals surface area contributed by atoms with Gasteiger partial charge in [-0.15, -0.1) is 0 Å². The first-order valence-electron chi connectivity index (χ1n) is 28.4. The molecule has 0 N–H and O–H groups in total. The van der Waals surface area contributed by atoms with Gasteiger partial charge in [0, 0.05) is 39.7 Å². The number of anilines is 9. The summed E-state index contributed by atoms with van der Waals surface area (Å²) in [6.45, 7) is 23.5. The molecule has 12 rings (SSSR count). The Morgan fingerprint density at radius 3 is 1.59 bits per heavy atom. The molecule has 8 aromatic rings. The summed E-state index contributed by atoms with van der Waals surface area (Å²) in [6.07, 6.45) is 12.9. The summed E-state index contributed by atoms with van der Waals surface area (Å²) in [5.74, 6) is 0. The minimum Gasteiger partial charge on any atom is -0.311 e. The Bertz CT molecular complexity index is 3380. The number of hydrogen-bond acceptors (Lipinski definition) is 3. The second kappa shape index (κ2) is 18.8. The normalized spacial score (nSPS) is 16.5. The van der Waals surface area contributed by atoms with Crippen LogP contribution in [0.25, 0.3) is 11.1 Å². The smallest absolute Gasteiger partial charge is 0.252 e. The Morgan fingerprint density at radius 1 is 0.453 bits per heavy atom. The molecule has 4 heteroatoms. The van der Waals surface area contributed by atoms with Crippen LogP contribution in [0.4, 0.5) is 51.2 Å². The molecule has 378 valence electrons. The average Bonchev–Trinajstić information content (AvgIpc) is 3.40. The Labute approximate surface area is 449 Å². The maximum absolute atomic E-state index is 2.67. The zero-order valence-electron chi connectivity index (χ0n) is 46.5. The summed E-state index contributed by atoms with van der Waals surface area (Å²) in [4.78, 5) is 7.88. The molecule has 3 nitrogen and oxygen atoms in total. The van der Waals surface area contributed by atoms with E-state index in [0.717, 1.165) is 5.69 Å². The van der Waals surface area contributed by atoms with E-state index in [1.54, 1.807) is 0 Å². The number of rotatable bonds is 8. The monoisotopic (exact) mass is 982 g/mol. The molecule has 0 aromatic heterocycles. The second-order valence-electron chi connectivity index (χ2n) is 24.8. The molecule has 2 fully saturated rings. The van der Waals surface area contributed by atoms with E-state index in [1.165, 1.54) is 182 Å². The molecule has 0 atom stereocenters. The first-order chi connectivity index (χ1) is 36.1. The largest absolute Gasteiger partial charge is 0.311 e. The molecule has 0 saturated heterocycles. The van der Waals surface area contributed by atoms with E-state index in [-0.39, 0.29) is 23.0 Å². The van der Waals surface area contributed by atoms with Crippen LogP contribution in [-0.4, -0.2) is 6.71 Å². The summed E-state index contributed by atoms with van der Waals surface area (Å²) in [7, 11) is 0. The first-order valence-corrected chi connectivity index (χ1v) is 28.4. The van der Waals surface area contributed by atoms with Gasteiger partial charge in [-0.25, -0.2) is 0 Å². The van der Waals surface area contributed by atoms with Crippen molar-refractivity contribution < 1.29 is 0 Å². The molecule has 8 aromatic carbocycles. The van der Waals surface area contributed by atoms with Crippen molar-refractivity contribution in [3.05, 3.63) is 202 Å². The fourth-order valence-corrected chi connectivity index (χ4v) is 14.2. The van der Waals surface area contributed by atoms with Crippen LogP contribution in [-0.2, 0) is 16.2 Å². The molecule has 2 aliphatic heterocycles. The van der Waals surface area contributed by atoms with Crippen molar-refractivity contribution in [2.24, 2.45) is 0 Å². The van der Waals surface area contributed by atoms with Crippen LogP contribution >= 0.6 is 0 Å². The highest BCUT2D eigenvalue weighted by atomic mass is 15.2. The Kier molecular flexibility index (Phi) is 12.3. The Hall–Kier alpha value is -6.78. The third-order valence-corrected chi connectivity index (χ3v) is 18.4. The fraction of sp³-hybridized carbons (Fsp3) is 0.324. The SMILES string of the molecule is Cc1cc2c3c(c1)N(c1ccc(C(C)(C)C)cc1-c1ccccc1)c1cc(N(c4c(C)cccc4C)c4c(C)cccc4C)ccc1B3c1cc(C3(C)CCCCC3)ccc1N2c1ccc(C2(C)CCCCC2)cc1. The molecule has 4 aliphatic rings. The Balaban J connectivity index is 1.17. The van der Waals surface area contributed by atoms with Crippen molar-refractivity contribution in [1.82, 2.24) is 0 Å². The summed E-state index contributed by atoms with van der Waals surface area (Å²) in [5, 5.41) is 0. The predicted octanol–water partition coefficient (Wildman–Crippen LogP) is 18.2. The van der Waals surface area contributed by atoms with Gasteiger partial charge in [0.2, 0.25) is 0 Å². The second-order valence-corrected chi connectivity index (χ2v) is 24.8. The van der Waals surface area contributed by atoms with Crippen molar-refractivity contribution in [3.63, 3.8) is 0 Å². The summed E-state index contributed by atoms with van der Waals surface area (Å²) in [6, 6.07) is 62.0. The zero-order valence-corrected chi connectivity index (χ0v) is 46.5. The molecule has 75 heavy (non-hydrogen) atoms. The standard InChI is InChI=1S/C71H76BN3/c1-47-42-64-66-65(43-47)75(61-36-30-54(69(6,7)8)44-58(61)52-26-14-11-15-27-52)63-46-57(74(67-48(2)22-20-23-49(67)3)68-50(4)24-21-25-51(68)5)34-35-59(63)72(66)60-45-55(71(10)40-18-13-19-41-71)31-37-62(60)73(64)56-32-28-53(29-33-56)70(9)38-16-12-17-39-70/h11,14-15,20-37,42-46H,12-13,16-19,38-41H2,1-10H3. The molecular formula is C71H76BN3. The van der Waals surface area contributed by atoms with Crippen LogP contribution in [0.3, 0.4) is 0 Å². The molecule has 0 bridgehead atoms. The van der Waals surface area contributed by atoms with Crippen molar-refractivity contribution in [3.8, 4) is 11.1 Å². The highest BCUT2D eigenvalue weighted by Crippen LogP contribution is 2.51. The van der Waals surface area contributed by atoms with E-state index in [4.69, 9.17) is 0 Å². The molecule has 0 radical (unpaired) electrons. The van der Waals surface area contributed by atoms with Gasteiger partial charge in [0.05, 0.1) is 17.1 Å². The van der Waals surface area contributed by atoms with Gasteiger partial charge in [-0.2, -0.15) is 0 Å². The fourth-order valence-electron chi connectivity index (χ4n) is 14.2. The number of hydrogen-bond donors (Lipinski definition) is 0. The molecule has 2 aliphatic carbocycles. The number of para-hydroxylation sites is 2. The van der Waals surface area contributed by atoms with Crippen molar-refractivity contribution in [2.45, 2.75) is 150 Å². The highest BCUT2D eigenvalue weighted by molar-refractivity contribution is 7.00. The third-order valence-electron chi connectivity index (χ3n) is 18.4. The molecule has 0 amide bonds. The van der Waals surface area contributed by atoms with Crippen LogP contribution in [0.15, 0.2) is 158 Å². The lowest BCUT2D eigenvalue weighted by Gasteiger charge is -2.46. The molecular weight excluding hydrogens is 906 g/mol. The van der Waals surface area contributed by atoms with Gasteiger partial charge in [-0.3, -0.25) is 0 Å². The minimum atomic E-state index is -0.0409. The van der Waals surface area contributed by atoms with Gasteiger partial charge >= 0.3 is 0 Å². The first kappa shape index (κ1) is 49.1. The molecule has 2 saturated carbocycles. The van der Waals surface area contributed by atoms with Gasteiger partial charge < -0.3 is 14.7 Å². The lowest BCUT2D eigenvalue weighted by molar-refractivity contribution is 0.319. The van der Waals surface area contributed by atoms with Gasteiger partial charge in [0.1, 0.15) is 0 Å². The van der Waals surface area contributed by atoms with Crippen molar-refractivity contribution >= 4 is 74.3 Å². The summed E-state index contributed by atoms with van der Waals surface area (Å²) < 4.78 is 0. The van der Waals surface area contributed by atoms with E-state index in [2.05, 4.69) is 242 Å². The maximum atomic E-state index is 2.67. The maximum Gasteiger partial charge on any atom is 0.252 e. The lowest BCUT2D eigenvalue weighted by atomic mass is 9.33. The van der Waals surface area contributed by atoms with Gasteiger partial charge in [0.15, 0.2) is 0 Å². The number of aryl methyl sites for hydroxylation is 5. The average molecular weight is 982 g/mol.